The van der Waals surface area contributed by atoms with E-state index in [1.54, 1.807) is 6.07 Å². The molecule has 0 spiro atoms. The zero-order valence-corrected chi connectivity index (χ0v) is 7.52. The lowest BCUT2D eigenvalue weighted by molar-refractivity contribution is 0.475. The van der Waals surface area contributed by atoms with Gasteiger partial charge in [-0.25, -0.2) is 0 Å². The Labute approximate surface area is 80.0 Å². The van der Waals surface area contributed by atoms with Crippen molar-refractivity contribution in [3.05, 3.63) is 27.7 Å². The van der Waals surface area contributed by atoms with E-state index in [9.17, 15) is 5.11 Å². The first-order valence-electron chi connectivity index (χ1n) is 3.19. The second-order valence-corrected chi connectivity index (χ2v) is 3.05. The second-order valence-electron chi connectivity index (χ2n) is 2.23. The van der Waals surface area contributed by atoms with Crippen molar-refractivity contribution < 1.29 is 5.11 Å². The van der Waals surface area contributed by atoms with Gasteiger partial charge in [-0.05, 0) is 11.6 Å². The molecule has 62 valence electrons. The summed E-state index contributed by atoms with van der Waals surface area (Å²) in [5.41, 5.74) is 0.546. The third kappa shape index (κ3) is 1.82. The average Bonchev–Trinajstić information content (AvgIpc) is 2.00. The van der Waals surface area contributed by atoms with Gasteiger partial charge in [0.15, 0.2) is 0 Å². The van der Waals surface area contributed by atoms with Crippen LogP contribution in [0.4, 0.5) is 0 Å². The Kier molecular flexibility index (Phi) is 2.80. The van der Waals surface area contributed by atoms with Crippen LogP contribution in [-0.2, 0) is 6.42 Å². The Morgan fingerprint density at radius 2 is 2.08 bits per heavy atom. The number of nitriles is 1. The molecule has 1 aromatic carbocycles. The zero-order valence-electron chi connectivity index (χ0n) is 6.01. The minimum absolute atomic E-state index is 0.0885. The molecule has 4 heteroatoms. The van der Waals surface area contributed by atoms with E-state index in [0.29, 0.717) is 10.6 Å². The summed E-state index contributed by atoms with van der Waals surface area (Å²) in [6.07, 6.45) is 0.146. The van der Waals surface area contributed by atoms with Crippen molar-refractivity contribution >= 4 is 23.2 Å². The maximum Gasteiger partial charge on any atom is 0.135 e. The first-order valence-corrected chi connectivity index (χ1v) is 3.94. The van der Waals surface area contributed by atoms with E-state index in [2.05, 4.69) is 0 Å². The Balaban J connectivity index is 3.20. The molecular weight excluding hydrogens is 197 g/mol. The van der Waals surface area contributed by atoms with Gasteiger partial charge in [-0.2, -0.15) is 5.26 Å². The van der Waals surface area contributed by atoms with Crippen LogP contribution in [-0.4, -0.2) is 5.11 Å². The smallest absolute Gasteiger partial charge is 0.135 e. The van der Waals surface area contributed by atoms with Gasteiger partial charge in [0.2, 0.25) is 0 Å². The molecule has 0 saturated heterocycles. The van der Waals surface area contributed by atoms with Crippen molar-refractivity contribution in [3.8, 4) is 11.8 Å². The molecule has 1 rings (SSSR count). The quantitative estimate of drug-likeness (QED) is 0.760. The number of nitrogens with zero attached hydrogens (tertiary/aromatic N) is 1. The van der Waals surface area contributed by atoms with Crippen LogP contribution in [0.2, 0.25) is 10.0 Å². The van der Waals surface area contributed by atoms with Gasteiger partial charge in [-0.15, -0.1) is 0 Å². The first-order chi connectivity index (χ1) is 5.65. The van der Waals surface area contributed by atoms with Crippen LogP contribution in [0.15, 0.2) is 12.1 Å². The van der Waals surface area contributed by atoms with Crippen LogP contribution >= 0.6 is 23.2 Å². The topological polar surface area (TPSA) is 44.0 Å². The third-order valence-corrected chi connectivity index (χ3v) is 2.02. The summed E-state index contributed by atoms with van der Waals surface area (Å²) < 4.78 is 0. The Bertz CT molecular complexity index is 344. The van der Waals surface area contributed by atoms with Gasteiger partial charge >= 0.3 is 0 Å². The number of hydrogen-bond acceptors (Lipinski definition) is 2. The molecule has 0 aliphatic carbocycles. The Hall–Kier alpha value is -0.910. The first kappa shape index (κ1) is 9.18. The molecule has 0 bridgehead atoms. The molecule has 0 amide bonds. The van der Waals surface area contributed by atoms with E-state index in [1.165, 1.54) is 6.07 Å². The summed E-state index contributed by atoms with van der Waals surface area (Å²) in [6, 6.07) is 4.83. The van der Waals surface area contributed by atoms with Gasteiger partial charge in [-0.1, -0.05) is 23.2 Å². The molecule has 0 aliphatic heterocycles. The van der Waals surface area contributed by atoms with Gasteiger partial charge in [0.05, 0.1) is 17.5 Å². The molecule has 1 aromatic rings. The Morgan fingerprint density at radius 1 is 1.42 bits per heavy atom. The summed E-state index contributed by atoms with van der Waals surface area (Å²) in [5.74, 6) is -0.0885. The average molecular weight is 202 g/mol. The number of benzene rings is 1. The fourth-order valence-electron chi connectivity index (χ4n) is 0.844. The molecule has 0 radical (unpaired) electrons. The lowest BCUT2D eigenvalue weighted by Gasteiger charge is -2.02. The number of phenolic OH excluding ortho intramolecular Hbond substituents is 1. The van der Waals surface area contributed by atoms with Gasteiger partial charge in [-0.3, -0.25) is 0 Å². The molecule has 0 aliphatic rings. The molecule has 1 N–H and O–H groups in total. The Morgan fingerprint density at radius 3 is 2.67 bits per heavy atom. The summed E-state index contributed by atoms with van der Waals surface area (Å²) in [6.45, 7) is 0. The largest absolute Gasteiger partial charge is 0.506 e. The van der Waals surface area contributed by atoms with Crippen LogP contribution in [0.1, 0.15) is 5.56 Å². The van der Waals surface area contributed by atoms with Crippen LogP contribution in [0.5, 0.6) is 5.75 Å². The summed E-state index contributed by atoms with van der Waals surface area (Å²) >= 11 is 11.3. The summed E-state index contributed by atoms with van der Waals surface area (Å²) in [5, 5.41) is 18.1. The fourth-order valence-corrected chi connectivity index (χ4v) is 1.25. The van der Waals surface area contributed by atoms with E-state index in [0.717, 1.165) is 0 Å². The zero-order chi connectivity index (χ0) is 9.14. The maximum absolute atomic E-state index is 9.18. The van der Waals surface area contributed by atoms with Crippen molar-refractivity contribution in [1.29, 1.82) is 5.26 Å². The molecule has 0 atom stereocenters. The van der Waals surface area contributed by atoms with Gasteiger partial charge in [0.25, 0.3) is 0 Å². The van der Waals surface area contributed by atoms with Crippen molar-refractivity contribution in [2.24, 2.45) is 0 Å². The number of halogens is 2. The normalized spacial score (nSPS) is 9.42. The predicted octanol–water partition coefficient (Wildman–Crippen LogP) is 2.77. The summed E-state index contributed by atoms with van der Waals surface area (Å²) in [4.78, 5) is 0. The number of rotatable bonds is 1. The van der Waals surface area contributed by atoms with Crippen LogP contribution in [0.3, 0.4) is 0 Å². The lowest BCUT2D eigenvalue weighted by atomic mass is 10.1. The van der Waals surface area contributed by atoms with Crippen molar-refractivity contribution in [3.63, 3.8) is 0 Å². The van der Waals surface area contributed by atoms with E-state index in [1.807, 2.05) is 6.07 Å². The molecule has 12 heavy (non-hydrogen) atoms. The highest BCUT2D eigenvalue weighted by atomic mass is 35.5. The highest BCUT2D eigenvalue weighted by Gasteiger charge is 2.06. The highest BCUT2D eigenvalue weighted by Crippen LogP contribution is 2.30. The molecule has 0 aromatic heterocycles. The van der Waals surface area contributed by atoms with Gasteiger partial charge < -0.3 is 5.11 Å². The van der Waals surface area contributed by atoms with Gasteiger partial charge in [0, 0.05) is 11.1 Å². The van der Waals surface area contributed by atoms with Crippen molar-refractivity contribution in [2.75, 3.05) is 0 Å². The number of hydrogen-bond donors (Lipinski definition) is 1. The standard InChI is InChI=1S/C8H5Cl2NO/c9-6-3-5(1-2-11)8(10)7(12)4-6/h3-4,12H,1H2. The molecule has 0 fully saturated rings. The van der Waals surface area contributed by atoms with E-state index in [-0.39, 0.29) is 17.2 Å². The van der Waals surface area contributed by atoms with E-state index >= 15 is 0 Å². The van der Waals surface area contributed by atoms with E-state index < -0.39 is 0 Å². The summed E-state index contributed by atoms with van der Waals surface area (Å²) in [7, 11) is 0. The van der Waals surface area contributed by atoms with Crippen molar-refractivity contribution in [1.82, 2.24) is 0 Å². The third-order valence-electron chi connectivity index (χ3n) is 1.36. The lowest BCUT2D eigenvalue weighted by Crippen LogP contribution is -1.83. The second kappa shape index (κ2) is 3.66. The van der Waals surface area contributed by atoms with Crippen molar-refractivity contribution in [2.45, 2.75) is 6.42 Å². The maximum atomic E-state index is 9.18. The van der Waals surface area contributed by atoms with Gasteiger partial charge in [0.1, 0.15) is 5.75 Å². The molecule has 0 saturated carbocycles. The minimum atomic E-state index is -0.0885. The predicted molar refractivity (Wildman–Crippen MR) is 47.4 cm³/mol. The van der Waals surface area contributed by atoms with Crippen LogP contribution < -0.4 is 0 Å². The monoisotopic (exact) mass is 201 g/mol. The molecule has 0 heterocycles. The SMILES string of the molecule is N#CCc1cc(Cl)cc(O)c1Cl. The fraction of sp³-hybridized carbons (Fsp3) is 0.125. The highest BCUT2D eigenvalue weighted by molar-refractivity contribution is 6.34. The number of aromatic hydroxyl groups is 1. The van der Waals surface area contributed by atoms with E-state index in [4.69, 9.17) is 28.5 Å². The molecular formula is C8H5Cl2NO. The number of phenols is 1. The molecule has 0 unspecified atom stereocenters. The molecule has 2 nitrogen and oxygen atoms in total. The van der Waals surface area contributed by atoms with Crippen LogP contribution in [0.25, 0.3) is 0 Å². The minimum Gasteiger partial charge on any atom is -0.506 e. The van der Waals surface area contributed by atoms with Crippen LogP contribution in [0, 0.1) is 11.3 Å².